The molecule has 6 N–H and O–H groups in total. The van der Waals surface area contributed by atoms with Crippen LogP contribution < -0.4 is 26.4 Å². The summed E-state index contributed by atoms with van der Waals surface area (Å²) in [5.74, 6) is -0.256. The zero-order valence-electron chi connectivity index (χ0n) is 36.3. The summed E-state index contributed by atoms with van der Waals surface area (Å²) in [6.07, 6.45) is 1.62. The minimum Gasteiger partial charge on any atom is -0.506 e. The zero-order valence-corrected chi connectivity index (χ0v) is 36.3. The molecular weight excluding hydrogens is 809 g/mol. The van der Waals surface area contributed by atoms with Gasteiger partial charge in [-0.25, -0.2) is 4.79 Å². The summed E-state index contributed by atoms with van der Waals surface area (Å²) in [6.45, 7) is 4.86. The van der Waals surface area contributed by atoms with Crippen molar-refractivity contribution in [3.63, 3.8) is 0 Å². The number of hydrogen-bond acceptors (Lipinski definition) is 9. The summed E-state index contributed by atoms with van der Waals surface area (Å²) in [6, 6.07) is 39.0. The Hall–Kier alpha value is -6.80. The summed E-state index contributed by atoms with van der Waals surface area (Å²) in [5, 5.41) is 30.9. The van der Waals surface area contributed by atoms with Crippen molar-refractivity contribution in [2.45, 2.75) is 57.3 Å². The molecule has 2 heterocycles. The number of fused-ring (bicyclic) bond motifs is 1. The first-order valence-corrected chi connectivity index (χ1v) is 21.8. The molecule has 0 aliphatic carbocycles. The van der Waals surface area contributed by atoms with Gasteiger partial charge in [-0.15, -0.1) is 0 Å². The summed E-state index contributed by atoms with van der Waals surface area (Å²) >= 11 is 0. The van der Waals surface area contributed by atoms with Crippen molar-refractivity contribution in [2.24, 2.45) is 0 Å². The van der Waals surface area contributed by atoms with Gasteiger partial charge in [0.05, 0.1) is 17.3 Å². The summed E-state index contributed by atoms with van der Waals surface area (Å²) in [4.78, 5) is 57.1. The van der Waals surface area contributed by atoms with Crippen LogP contribution in [0.15, 0.2) is 132 Å². The van der Waals surface area contributed by atoms with Gasteiger partial charge in [0, 0.05) is 80.5 Å². The number of hydrogen-bond donors (Lipinski definition) is 6. The van der Waals surface area contributed by atoms with Gasteiger partial charge in [-0.1, -0.05) is 78.9 Å². The summed E-state index contributed by atoms with van der Waals surface area (Å²) in [7, 11) is 1.74. The smallest absolute Gasteiger partial charge is 0.411 e. The van der Waals surface area contributed by atoms with E-state index in [4.69, 9.17) is 4.74 Å². The number of anilines is 2. The third-order valence-electron chi connectivity index (χ3n) is 11.8. The van der Waals surface area contributed by atoms with E-state index in [1.165, 1.54) is 12.1 Å². The Balaban J connectivity index is 0.776. The second-order valence-electron chi connectivity index (χ2n) is 16.4. The number of pyridine rings is 1. The number of aromatic nitrogens is 1. The molecule has 64 heavy (non-hydrogen) atoms. The van der Waals surface area contributed by atoms with Gasteiger partial charge >= 0.3 is 6.09 Å². The number of phenolic OH excluding ortho intramolecular Hbond substituents is 1. The van der Waals surface area contributed by atoms with Crippen LogP contribution in [-0.4, -0.2) is 89.9 Å². The number of carbonyl (C=O) groups is 3. The maximum Gasteiger partial charge on any atom is 0.411 e. The second-order valence-corrected chi connectivity index (χ2v) is 16.4. The number of likely N-dealkylation sites (tertiary alicyclic amines) is 1. The number of rotatable bonds is 17. The molecule has 2 atom stereocenters. The van der Waals surface area contributed by atoms with Crippen LogP contribution in [0, 0.1) is 0 Å². The SMILES string of the molecule is C[C@@H](Cc1ccc(CCNC(=O)c2ccc(N(C)C(=O)CCN3CCC(OC(=O)Nc4ccccc4-c4ccccc4)CC3)cc2)cc1)NC[C@H](O)c1ccc(O)c2[nH]c(=O)ccc12. The summed E-state index contributed by atoms with van der Waals surface area (Å²) in [5.41, 5.74) is 6.68. The van der Waals surface area contributed by atoms with Crippen molar-refractivity contribution >= 4 is 40.2 Å². The second kappa shape index (κ2) is 21.5. The van der Waals surface area contributed by atoms with Gasteiger partial charge in [-0.2, -0.15) is 0 Å². The van der Waals surface area contributed by atoms with E-state index < -0.39 is 12.2 Å². The lowest BCUT2D eigenvalue weighted by Crippen LogP contribution is -2.40. The van der Waals surface area contributed by atoms with Crippen LogP contribution in [0.3, 0.4) is 0 Å². The first kappa shape index (κ1) is 45.2. The van der Waals surface area contributed by atoms with E-state index in [1.807, 2.05) is 61.5 Å². The lowest BCUT2D eigenvalue weighted by molar-refractivity contribution is -0.118. The molecule has 0 radical (unpaired) electrons. The van der Waals surface area contributed by atoms with Gasteiger partial charge in [0.15, 0.2) is 0 Å². The van der Waals surface area contributed by atoms with Crippen molar-refractivity contribution < 1.29 is 29.3 Å². The Morgan fingerprint density at radius 2 is 1.56 bits per heavy atom. The van der Waals surface area contributed by atoms with Crippen LogP contribution in [0.5, 0.6) is 5.75 Å². The van der Waals surface area contributed by atoms with E-state index in [1.54, 1.807) is 48.3 Å². The molecule has 7 rings (SSSR count). The standard InChI is InChI=1S/C51H56N6O7/c1-34(53-33-46(59)42-20-22-45(58)49-43(42)21-23-47(60)55-49)32-36-14-12-35(13-15-36)24-28-52-50(62)38-16-18-39(19-17-38)56(2)48(61)27-31-57-29-25-40(26-30-57)64-51(63)54-44-11-7-6-10-41(44)37-8-4-3-5-9-37/h3-23,34,40,46,53,58-59H,24-33H2,1-2H3,(H,52,62)(H,54,63)(H,55,60)/t34-,46-/m0/s1. The van der Waals surface area contributed by atoms with Gasteiger partial charge in [-0.3, -0.25) is 19.7 Å². The highest BCUT2D eigenvalue weighted by Gasteiger charge is 2.24. The minimum atomic E-state index is -0.837. The highest BCUT2D eigenvalue weighted by Crippen LogP contribution is 2.30. The number of ether oxygens (including phenoxy) is 1. The van der Waals surface area contributed by atoms with Crippen LogP contribution in [0.25, 0.3) is 22.0 Å². The molecule has 1 aromatic heterocycles. The van der Waals surface area contributed by atoms with Crippen molar-refractivity contribution in [1.29, 1.82) is 0 Å². The third-order valence-corrected chi connectivity index (χ3v) is 11.8. The topological polar surface area (TPSA) is 176 Å². The number of amides is 3. The quantitative estimate of drug-likeness (QED) is 0.0554. The lowest BCUT2D eigenvalue weighted by atomic mass is 10.0. The fourth-order valence-electron chi connectivity index (χ4n) is 8.07. The third kappa shape index (κ3) is 12.0. The van der Waals surface area contributed by atoms with Crippen LogP contribution in [0.4, 0.5) is 16.2 Å². The maximum absolute atomic E-state index is 13.1. The molecule has 1 saturated heterocycles. The van der Waals surface area contributed by atoms with Crippen LogP contribution in [0.2, 0.25) is 0 Å². The van der Waals surface area contributed by atoms with E-state index in [2.05, 4.69) is 50.1 Å². The molecule has 1 aliphatic heterocycles. The number of para-hydroxylation sites is 1. The van der Waals surface area contributed by atoms with E-state index >= 15 is 0 Å². The normalized spacial score (nSPS) is 14.1. The van der Waals surface area contributed by atoms with Gasteiger partial charge in [0.25, 0.3) is 5.91 Å². The highest BCUT2D eigenvalue weighted by molar-refractivity contribution is 5.96. The van der Waals surface area contributed by atoms with Crippen molar-refractivity contribution in [1.82, 2.24) is 20.5 Å². The molecule has 13 heteroatoms. The van der Waals surface area contributed by atoms with Gasteiger partial charge in [0.2, 0.25) is 11.5 Å². The van der Waals surface area contributed by atoms with Gasteiger partial charge < -0.3 is 40.4 Å². The minimum absolute atomic E-state index is 0.0256. The number of nitrogens with zero attached hydrogens (tertiary/aromatic N) is 2. The predicted octanol–water partition coefficient (Wildman–Crippen LogP) is 7.19. The summed E-state index contributed by atoms with van der Waals surface area (Å²) < 4.78 is 5.77. The Morgan fingerprint density at radius 1 is 0.859 bits per heavy atom. The number of aromatic amines is 1. The molecule has 332 valence electrons. The van der Waals surface area contributed by atoms with E-state index in [-0.39, 0.29) is 35.3 Å². The predicted molar refractivity (Wildman–Crippen MR) is 251 cm³/mol. The Bertz CT molecular complexity index is 2570. The average molecular weight is 865 g/mol. The van der Waals surface area contributed by atoms with Crippen LogP contribution >= 0.6 is 0 Å². The largest absolute Gasteiger partial charge is 0.506 e. The number of carbonyl (C=O) groups excluding carboxylic acids is 3. The fourth-order valence-corrected chi connectivity index (χ4v) is 8.07. The Kier molecular flexibility index (Phi) is 15.2. The number of nitrogens with one attached hydrogen (secondary N) is 4. The van der Waals surface area contributed by atoms with Crippen LogP contribution in [-0.2, 0) is 22.4 Å². The molecule has 0 unspecified atom stereocenters. The molecule has 0 saturated carbocycles. The maximum atomic E-state index is 13.1. The zero-order chi connectivity index (χ0) is 45.0. The molecule has 0 spiro atoms. The van der Waals surface area contributed by atoms with Gasteiger partial charge in [0.1, 0.15) is 11.9 Å². The van der Waals surface area contributed by atoms with Crippen molar-refractivity contribution in [3.05, 3.63) is 160 Å². The molecule has 13 nitrogen and oxygen atoms in total. The molecule has 1 aliphatic rings. The van der Waals surface area contributed by atoms with E-state index in [9.17, 15) is 29.4 Å². The fraction of sp³-hybridized carbons (Fsp3) is 0.294. The molecule has 5 aromatic carbocycles. The van der Waals surface area contributed by atoms with E-state index in [0.29, 0.717) is 78.7 Å². The number of piperidine rings is 1. The van der Waals surface area contributed by atoms with Gasteiger partial charge in [-0.05, 0) is 97.3 Å². The highest BCUT2D eigenvalue weighted by atomic mass is 16.6. The molecular formula is C51H56N6O7. The Morgan fingerprint density at radius 3 is 2.31 bits per heavy atom. The molecule has 6 aromatic rings. The number of phenols is 1. The molecule has 0 bridgehead atoms. The van der Waals surface area contributed by atoms with Crippen molar-refractivity contribution in [3.8, 4) is 16.9 Å². The van der Waals surface area contributed by atoms with Crippen molar-refractivity contribution in [2.75, 3.05) is 50.0 Å². The first-order valence-electron chi connectivity index (χ1n) is 21.8. The molecule has 1 fully saturated rings. The Labute approximate surface area is 373 Å². The first-order chi connectivity index (χ1) is 31.0. The number of benzene rings is 5. The number of aliphatic hydroxyl groups excluding tert-OH is 1. The molecule has 3 amide bonds. The van der Waals surface area contributed by atoms with E-state index in [0.717, 1.165) is 41.8 Å². The average Bonchev–Trinajstić information content (AvgIpc) is 3.31. The number of H-pyrrole nitrogens is 1. The monoisotopic (exact) mass is 864 g/mol. The lowest BCUT2D eigenvalue weighted by Gasteiger charge is -2.31. The number of aromatic hydroxyl groups is 1. The number of aliphatic hydroxyl groups is 1. The van der Waals surface area contributed by atoms with Crippen LogP contribution in [0.1, 0.15) is 59.3 Å².